The molecule has 0 aromatic carbocycles. The van der Waals surface area contributed by atoms with Crippen LogP contribution in [0.1, 0.15) is 38.2 Å². The van der Waals surface area contributed by atoms with Crippen LogP contribution in [0.25, 0.3) is 0 Å². The summed E-state index contributed by atoms with van der Waals surface area (Å²) in [6, 6.07) is 0. The molecule has 0 unspecified atom stereocenters. The molecular formula is C15H26N4O. The Balaban J connectivity index is 2.02. The lowest BCUT2D eigenvalue weighted by Gasteiger charge is -2.18. The van der Waals surface area contributed by atoms with Gasteiger partial charge in [-0.05, 0) is 31.1 Å². The number of aromatic nitrogens is 2. The van der Waals surface area contributed by atoms with Crippen molar-refractivity contribution in [2.75, 3.05) is 37.9 Å². The zero-order chi connectivity index (χ0) is 14.4. The van der Waals surface area contributed by atoms with Gasteiger partial charge in [-0.1, -0.05) is 13.3 Å². The minimum absolute atomic E-state index is 0.421. The average molecular weight is 278 g/mol. The molecule has 0 atom stereocenters. The Labute approximate surface area is 121 Å². The van der Waals surface area contributed by atoms with Crippen LogP contribution in [0, 0.1) is 5.41 Å². The maximum atomic E-state index is 5.21. The zero-order valence-corrected chi connectivity index (χ0v) is 12.8. The standard InChI is InChI=1S/C15H26N4O/c1-4-5-12-13(16-2)18-11-19-14(12)17-10-15(6-7-15)8-9-20-3/h11H,4-10H2,1-3H3,(H2,16,17,18,19). The summed E-state index contributed by atoms with van der Waals surface area (Å²) in [6.45, 7) is 4.00. The van der Waals surface area contributed by atoms with Crippen molar-refractivity contribution in [3.8, 4) is 0 Å². The fourth-order valence-corrected chi connectivity index (χ4v) is 2.55. The molecular weight excluding hydrogens is 252 g/mol. The first-order valence-electron chi connectivity index (χ1n) is 7.49. The molecule has 5 nitrogen and oxygen atoms in total. The van der Waals surface area contributed by atoms with E-state index >= 15 is 0 Å². The topological polar surface area (TPSA) is 59.1 Å². The molecule has 1 aromatic heterocycles. The Hall–Kier alpha value is -1.36. The van der Waals surface area contributed by atoms with Crippen LogP contribution >= 0.6 is 0 Å². The number of rotatable bonds is 9. The summed E-state index contributed by atoms with van der Waals surface area (Å²) in [5.74, 6) is 1.92. The number of anilines is 2. The van der Waals surface area contributed by atoms with Gasteiger partial charge >= 0.3 is 0 Å². The van der Waals surface area contributed by atoms with Crippen LogP contribution in [0.3, 0.4) is 0 Å². The van der Waals surface area contributed by atoms with Crippen molar-refractivity contribution in [1.29, 1.82) is 0 Å². The van der Waals surface area contributed by atoms with Crippen LogP contribution < -0.4 is 10.6 Å². The quantitative estimate of drug-likeness (QED) is 0.727. The highest BCUT2D eigenvalue weighted by Gasteiger charge is 2.41. The Morgan fingerprint density at radius 2 is 2.05 bits per heavy atom. The Bertz CT molecular complexity index is 432. The molecule has 2 N–H and O–H groups in total. The van der Waals surface area contributed by atoms with E-state index in [0.29, 0.717) is 5.41 Å². The maximum absolute atomic E-state index is 5.21. The van der Waals surface area contributed by atoms with Gasteiger partial charge in [-0.3, -0.25) is 0 Å². The van der Waals surface area contributed by atoms with Gasteiger partial charge in [0, 0.05) is 32.9 Å². The molecule has 1 saturated carbocycles. The molecule has 0 radical (unpaired) electrons. The van der Waals surface area contributed by atoms with Crippen LogP contribution in [0.15, 0.2) is 6.33 Å². The summed E-state index contributed by atoms with van der Waals surface area (Å²) in [5, 5.41) is 6.69. The van der Waals surface area contributed by atoms with Gasteiger partial charge in [0.15, 0.2) is 0 Å². The predicted octanol–water partition coefficient (Wildman–Crippen LogP) is 2.70. The molecule has 20 heavy (non-hydrogen) atoms. The van der Waals surface area contributed by atoms with Gasteiger partial charge in [-0.25, -0.2) is 9.97 Å². The van der Waals surface area contributed by atoms with Gasteiger partial charge in [-0.2, -0.15) is 0 Å². The van der Waals surface area contributed by atoms with Gasteiger partial charge in [0.2, 0.25) is 0 Å². The maximum Gasteiger partial charge on any atom is 0.134 e. The highest BCUT2D eigenvalue weighted by molar-refractivity contribution is 5.57. The van der Waals surface area contributed by atoms with Crippen molar-refractivity contribution in [2.24, 2.45) is 5.41 Å². The number of hydrogen-bond donors (Lipinski definition) is 2. The van der Waals surface area contributed by atoms with E-state index in [1.165, 1.54) is 18.4 Å². The molecule has 0 saturated heterocycles. The van der Waals surface area contributed by atoms with Gasteiger partial charge in [-0.15, -0.1) is 0 Å². The number of nitrogens with one attached hydrogen (secondary N) is 2. The third-order valence-electron chi connectivity index (χ3n) is 4.11. The van der Waals surface area contributed by atoms with E-state index in [9.17, 15) is 0 Å². The Morgan fingerprint density at radius 3 is 2.65 bits per heavy atom. The number of nitrogens with zero attached hydrogens (tertiary/aromatic N) is 2. The van der Waals surface area contributed by atoms with E-state index in [0.717, 1.165) is 44.0 Å². The summed E-state index contributed by atoms with van der Waals surface area (Å²) >= 11 is 0. The van der Waals surface area contributed by atoms with E-state index in [1.807, 2.05) is 7.05 Å². The van der Waals surface area contributed by atoms with E-state index in [2.05, 4.69) is 27.5 Å². The van der Waals surface area contributed by atoms with Crippen molar-refractivity contribution >= 4 is 11.6 Å². The predicted molar refractivity (Wildman–Crippen MR) is 82.2 cm³/mol. The number of hydrogen-bond acceptors (Lipinski definition) is 5. The van der Waals surface area contributed by atoms with E-state index in [1.54, 1.807) is 13.4 Å². The first-order chi connectivity index (χ1) is 9.74. The fraction of sp³-hybridized carbons (Fsp3) is 0.733. The average Bonchev–Trinajstić information content (AvgIpc) is 3.25. The van der Waals surface area contributed by atoms with Crippen molar-refractivity contribution in [1.82, 2.24) is 9.97 Å². The number of ether oxygens (including phenoxy) is 1. The first kappa shape index (κ1) is 15.0. The minimum Gasteiger partial charge on any atom is -0.385 e. The lowest BCUT2D eigenvalue weighted by Crippen LogP contribution is -2.19. The SMILES string of the molecule is CCCc1c(NC)ncnc1NCC1(CCOC)CC1. The zero-order valence-electron chi connectivity index (χ0n) is 12.8. The molecule has 5 heteroatoms. The largest absolute Gasteiger partial charge is 0.385 e. The van der Waals surface area contributed by atoms with Crippen molar-refractivity contribution in [2.45, 2.75) is 39.0 Å². The van der Waals surface area contributed by atoms with Crippen molar-refractivity contribution in [3.63, 3.8) is 0 Å². The van der Waals surface area contributed by atoms with Crippen LogP contribution in [0.5, 0.6) is 0 Å². The number of methoxy groups -OCH3 is 1. The summed E-state index contributed by atoms with van der Waals surface area (Å²) in [5.41, 5.74) is 1.62. The van der Waals surface area contributed by atoms with Crippen LogP contribution in [0.4, 0.5) is 11.6 Å². The van der Waals surface area contributed by atoms with Crippen molar-refractivity contribution in [3.05, 3.63) is 11.9 Å². The summed E-state index contributed by atoms with van der Waals surface area (Å²) in [4.78, 5) is 8.73. The second-order valence-electron chi connectivity index (χ2n) is 5.65. The molecule has 0 amide bonds. The van der Waals surface area contributed by atoms with Crippen LogP contribution in [-0.2, 0) is 11.2 Å². The monoisotopic (exact) mass is 278 g/mol. The van der Waals surface area contributed by atoms with E-state index in [4.69, 9.17) is 4.74 Å². The fourth-order valence-electron chi connectivity index (χ4n) is 2.55. The second-order valence-corrected chi connectivity index (χ2v) is 5.65. The summed E-state index contributed by atoms with van der Waals surface area (Å²) in [7, 11) is 3.68. The van der Waals surface area contributed by atoms with E-state index < -0.39 is 0 Å². The smallest absolute Gasteiger partial charge is 0.134 e. The Morgan fingerprint density at radius 1 is 1.30 bits per heavy atom. The third kappa shape index (κ3) is 3.60. The highest BCUT2D eigenvalue weighted by atomic mass is 16.5. The Kier molecular flexibility index (Phi) is 5.17. The molecule has 0 spiro atoms. The third-order valence-corrected chi connectivity index (χ3v) is 4.11. The van der Waals surface area contributed by atoms with Gasteiger partial charge < -0.3 is 15.4 Å². The summed E-state index contributed by atoms with van der Waals surface area (Å²) < 4.78 is 5.21. The molecule has 1 heterocycles. The van der Waals surface area contributed by atoms with Gasteiger partial charge in [0.1, 0.15) is 18.0 Å². The minimum atomic E-state index is 0.421. The molecule has 1 aliphatic carbocycles. The second kappa shape index (κ2) is 6.88. The normalized spacial score (nSPS) is 15.9. The molecule has 0 bridgehead atoms. The molecule has 1 aromatic rings. The molecule has 1 aliphatic rings. The molecule has 1 fully saturated rings. The molecule has 0 aliphatic heterocycles. The van der Waals surface area contributed by atoms with Crippen molar-refractivity contribution < 1.29 is 4.74 Å². The molecule has 2 rings (SSSR count). The first-order valence-corrected chi connectivity index (χ1v) is 7.49. The highest BCUT2D eigenvalue weighted by Crippen LogP contribution is 2.48. The van der Waals surface area contributed by atoms with Crippen LogP contribution in [0.2, 0.25) is 0 Å². The molecule has 112 valence electrons. The van der Waals surface area contributed by atoms with Crippen LogP contribution in [-0.4, -0.2) is 37.3 Å². The summed E-state index contributed by atoms with van der Waals surface area (Å²) in [6.07, 6.45) is 7.41. The van der Waals surface area contributed by atoms with Gasteiger partial charge in [0.05, 0.1) is 0 Å². The lowest BCUT2D eigenvalue weighted by molar-refractivity contribution is 0.175. The lowest BCUT2D eigenvalue weighted by atomic mass is 10.0. The van der Waals surface area contributed by atoms with E-state index in [-0.39, 0.29) is 0 Å². The van der Waals surface area contributed by atoms with Gasteiger partial charge in [0.25, 0.3) is 0 Å².